The van der Waals surface area contributed by atoms with Crippen molar-refractivity contribution in [1.82, 2.24) is 10.2 Å². The van der Waals surface area contributed by atoms with E-state index in [9.17, 15) is 19.2 Å². The van der Waals surface area contributed by atoms with Gasteiger partial charge in [-0.1, -0.05) is 11.8 Å². The van der Waals surface area contributed by atoms with Crippen LogP contribution in [-0.4, -0.2) is 52.9 Å². The third kappa shape index (κ3) is 4.27. The first-order chi connectivity index (χ1) is 12.5. The molecule has 0 saturated carbocycles. The van der Waals surface area contributed by atoms with E-state index in [-0.39, 0.29) is 30.0 Å². The van der Waals surface area contributed by atoms with Crippen LogP contribution < -0.4 is 5.32 Å². The van der Waals surface area contributed by atoms with Crippen LogP contribution in [0.25, 0.3) is 0 Å². The summed E-state index contributed by atoms with van der Waals surface area (Å²) >= 11 is 2.39. The van der Waals surface area contributed by atoms with E-state index in [0.717, 1.165) is 42.3 Å². The summed E-state index contributed by atoms with van der Waals surface area (Å²) in [6.07, 6.45) is 3.32. The number of hydrogen-bond acceptors (Lipinski definition) is 7. The Bertz CT molecular complexity index is 706. The fourth-order valence-electron chi connectivity index (χ4n) is 2.90. The molecule has 7 nitrogen and oxygen atoms in total. The Morgan fingerprint density at radius 3 is 2.77 bits per heavy atom. The van der Waals surface area contributed by atoms with Crippen molar-refractivity contribution in [3.8, 4) is 0 Å². The molecule has 140 valence electrons. The maximum absolute atomic E-state index is 12.3. The third-order valence-electron chi connectivity index (χ3n) is 4.33. The Labute approximate surface area is 159 Å². The molecule has 3 rings (SSSR count). The normalized spacial score (nSPS) is 17.8. The van der Waals surface area contributed by atoms with E-state index in [1.54, 1.807) is 0 Å². The number of ether oxygens (including phenoxy) is 1. The smallest absolute Gasteiger partial charge is 0.349 e. The zero-order valence-corrected chi connectivity index (χ0v) is 16.0. The summed E-state index contributed by atoms with van der Waals surface area (Å²) in [5.41, 5.74) is 1.21. The first-order valence-corrected chi connectivity index (χ1v) is 10.3. The van der Waals surface area contributed by atoms with Gasteiger partial charge in [0.05, 0.1) is 5.75 Å². The molecule has 3 amide bonds. The number of hydrogen-bond donors (Lipinski definition) is 1. The lowest BCUT2D eigenvalue weighted by molar-refractivity contribution is -0.130. The highest BCUT2D eigenvalue weighted by Gasteiger charge is 2.29. The molecule has 2 heterocycles. The highest BCUT2D eigenvalue weighted by atomic mass is 32.2. The van der Waals surface area contributed by atoms with Crippen LogP contribution in [0.4, 0.5) is 4.79 Å². The second-order valence-electron chi connectivity index (χ2n) is 6.20. The summed E-state index contributed by atoms with van der Waals surface area (Å²) in [6.45, 7) is 1.75. The van der Waals surface area contributed by atoms with Gasteiger partial charge in [-0.05, 0) is 44.2 Å². The van der Waals surface area contributed by atoms with Gasteiger partial charge in [-0.3, -0.25) is 19.3 Å². The molecular weight excluding hydrogens is 376 g/mol. The molecule has 0 bridgehead atoms. The maximum atomic E-state index is 12.3. The minimum Gasteiger partial charge on any atom is -0.448 e. The van der Waals surface area contributed by atoms with Crippen molar-refractivity contribution in [2.24, 2.45) is 0 Å². The van der Waals surface area contributed by atoms with Crippen molar-refractivity contribution in [1.29, 1.82) is 0 Å². The van der Waals surface area contributed by atoms with Gasteiger partial charge < -0.3 is 10.1 Å². The van der Waals surface area contributed by atoms with E-state index in [2.05, 4.69) is 5.32 Å². The highest BCUT2D eigenvalue weighted by molar-refractivity contribution is 8.14. The number of carbonyl (C=O) groups is 4. The fraction of sp³-hybridized carbons (Fsp3) is 0.529. The average molecular weight is 396 g/mol. The lowest BCUT2D eigenvalue weighted by atomic mass is 9.99. The SMILES string of the molecule is C[C@@H](OC(=O)c1cc2c(s1)CCCC2)C(=O)NCCN1C(=O)CSC1=O. The molecule has 1 N–H and O–H groups in total. The van der Waals surface area contributed by atoms with E-state index in [4.69, 9.17) is 4.74 Å². The third-order valence-corrected chi connectivity index (χ3v) is 6.40. The van der Waals surface area contributed by atoms with Crippen LogP contribution in [-0.2, 0) is 27.2 Å². The minimum atomic E-state index is -0.944. The Balaban J connectivity index is 1.46. The van der Waals surface area contributed by atoms with Gasteiger partial charge in [0.1, 0.15) is 4.88 Å². The summed E-state index contributed by atoms with van der Waals surface area (Å²) in [4.78, 5) is 50.1. The van der Waals surface area contributed by atoms with E-state index >= 15 is 0 Å². The minimum absolute atomic E-state index is 0.120. The Hall–Kier alpha value is -1.87. The number of rotatable bonds is 6. The van der Waals surface area contributed by atoms with Gasteiger partial charge in [0, 0.05) is 18.0 Å². The Morgan fingerprint density at radius 2 is 2.08 bits per heavy atom. The van der Waals surface area contributed by atoms with Gasteiger partial charge in [0.15, 0.2) is 6.10 Å². The molecule has 1 atom stereocenters. The number of imide groups is 1. The van der Waals surface area contributed by atoms with Crippen molar-refractivity contribution < 1.29 is 23.9 Å². The molecule has 0 aromatic carbocycles. The van der Waals surface area contributed by atoms with Crippen LogP contribution in [0, 0.1) is 0 Å². The first kappa shape index (κ1) is 18.9. The zero-order valence-electron chi connectivity index (χ0n) is 14.4. The van der Waals surface area contributed by atoms with E-state index < -0.39 is 18.0 Å². The molecule has 1 saturated heterocycles. The van der Waals surface area contributed by atoms with Gasteiger partial charge in [0.2, 0.25) is 5.91 Å². The van der Waals surface area contributed by atoms with Crippen molar-refractivity contribution in [2.75, 3.05) is 18.8 Å². The number of nitrogens with zero attached hydrogens (tertiary/aromatic N) is 1. The number of fused-ring (bicyclic) bond motifs is 1. The second-order valence-corrected chi connectivity index (χ2v) is 8.27. The van der Waals surface area contributed by atoms with Crippen LogP contribution >= 0.6 is 23.1 Å². The van der Waals surface area contributed by atoms with Gasteiger partial charge in [-0.25, -0.2) is 4.79 Å². The van der Waals surface area contributed by atoms with E-state index in [0.29, 0.717) is 4.88 Å². The number of thiophene rings is 1. The monoisotopic (exact) mass is 396 g/mol. The second kappa shape index (κ2) is 8.22. The average Bonchev–Trinajstić information content (AvgIpc) is 3.19. The molecule has 1 aliphatic heterocycles. The molecule has 1 aromatic rings. The summed E-state index contributed by atoms with van der Waals surface area (Å²) in [5.74, 6) is -1.05. The maximum Gasteiger partial charge on any atom is 0.349 e. The highest BCUT2D eigenvalue weighted by Crippen LogP contribution is 2.30. The topological polar surface area (TPSA) is 92.8 Å². The molecular formula is C17H20N2O5S2. The standard InChI is InChI=1S/C17H20N2O5S2/c1-10(15(21)18-6-7-19-14(20)9-25-17(19)23)24-16(22)13-8-11-4-2-3-5-12(11)26-13/h8,10H,2-7,9H2,1H3,(H,18,21)/t10-/m1/s1. The van der Waals surface area contributed by atoms with E-state index in [1.807, 2.05) is 6.07 Å². The molecule has 1 fully saturated rings. The first-order valence-electron chi connectivity index (χ1n) is 8.53. The van der Waals surface area contributed by atoms with Gasteiger partial charge >= 0.3 is 5.97 Å². The number of aryl methyl sites for hydroxylation is 2. The number of thioether (sulfide) groups is 1. The van der Waals surface area contributed by atoms with Crippen molar-refractivity contribution in [3.05, 3.63) is 21.4 Å². The number of nitrogens with one attached hydrogen (secondary N) is 1. The van der Waals surface area contributed by atoms with E-state index in [1.165, 1.54) is 28.7 Å². The quantitative estimate of drug-likeness (QED) is 0.739. The van der Waals surface area contributed by atoms with Gasteiger partial charge in [0.25, 0.3) is 11.1 Å². The van der Waals surface area contributed by atoms with Crippen LogP contribution in [0.2, 0.25) is 0 Å². The van der Waals surface area contributed by atoms with Crippen molar-refractivity contribution in [2.45, 2.75) is 38.7 Å². The predicted molar refractivity (Wildman–Crippen MR) is 98.4 cm³/mol. The van der Waals surface area contributed by atoms with Crippen LogP contribution in [0.5, 0.6) is 0 Å². The molecule has 1 aromatic heterocycles. The summed E-state index contributed by atoms with van der Waals surface area (Å²) < 4.78 is 5.25. The van der Waals surface area contributed by atoms with Crippen LogP contribution in [0.3, 0.4) is 0 Å². The van der Waals surface area contributed by atoms with Gasteiger partial charge in [-0.2, -0.15) is 0 Å². The lowest BCUT2D eigenvalue weighted by Crippen LogP contribution is -2.41. The van der Waals surface area contributed by atoms with Crippen LogP contribution in [0.15, 0.2) is 6.07 Å². The zero-order chi connectivity index (χ0) is 18.7. The molecule has 1 aliphatic carbocycles. The molecule has 0 radical (unpaired) electrons. The molecule has 0 unspecified atom stereocenters. The molecule has 26 heavy (non-hydrogen) atoms. The number of carbonyl (C=O) groups excluding carboxylic acids is 4. The molecule has 2 aliphatic rings. The Kier molecular flexibility index (Phi) is 5.98. The number of esters is 1. The molecule has 9 heteroatoms. The van der Waals surface area contributed by atoms with Crippen molar-refractivity contribution >= 4 is 46.1 Å². The Morgan fingerprint density at radius 1 is 1.31 bits per heavy atom. The van der Waals surface area contributed by atoms with Crippen molar-refractivity contribution in [3.63, 3.8) is 0 Å². The fourth-order valence-corrected chi connectivity index (χ4v) is 4.78. The lowest BCUT2D eigenvalue weighted by Gasteiger charge is -2.15. The summed E-state index contributed by atoms with van der Waals surface area (Å²) in [5, 5.41) is 2.29. The number of amides is 3. The van der Waals surface area contributed by atoms with Crippen LogP contribution in [0.1, 0.15) is 39.9 Å². The largest absolute Gasteiger partial charge is 0.448 e. The predicted octanol–water partition coefficient (Wildman–Crippen LogP) is 1.98. The molecule has 0 spiro atoms. The summed E-state index contributed by atoms with van der Waals surface area (Å²) in [6, 6.07) is 1.87. The summed E-state index contributed by atoms with van der Waals surface area (Å²) in [7, 11) is 0. The van der Waals surface area contributed by atoms with Gasteiger partial charge in [-0.15, -0.1) is 11.3 Å².